The Bertz CT molecular complexity index is 640. The van der Waals surface area contributed by atoms with Gasteiger partial charge in [-0.05, 0) is 31.0 Å². The van der Waals surface area contributed by atoms with E-state index in [2.05, 4.69) is 5.32 Å². The Kier molecular flexibility index (Phi) is 4.60. The second-order valence-corrected chi connectivity index (χ2v) is 7.00. The van der Waals surface area contributed by atoms with E-state index in [4.69, 9.17) is 5.73 Å². The van der Waals surface area contributed by atoms with E-state index >= 15 is 0 Å². The first-order valence-corrected chi connectivity index (χ1v) is 8.07. The lowest BCUT2D eigenvalue weighted by atomic mass is 10.1. The summed E-state index contributed by atoms with van der Waals surface area (Å²) in [6, 6.07) is 3.39. The summed E-state index contributed by atoms with van der Waals surface area (Å²) in [7, 11) is -3.70. The van der Waals surface area contributed by atoms with E-state index in [0.717, 1.165) is 12.1 Å². The monoisotopic (exact) mass is 315 g/mol. The summed E-state index contributed by atoms with van der Waals surface area (Å²) in [6.45, 7) is 1.92. The molecule has 0 spiro atoms. The highest BCUT2D eigenvalue weighted by molar-refractivity contribution is 7.89. The smallest absolute Gasteiger partial charge is 0.243 e. The molecule has 0 atom stereocenters. The molecule has 1 aliphatic heterocycles. The average Bonchev–Trinajstić information content (AvgIpc) is 2.41. The molecule has 0 unspecified atom stereocenters. The number of carbonyl (C=O) groups excluding carboxylic acids is 1. The quantitative estimate of drug-likeness (QED) is 0.866. The molecule has 0 aliphatic carbocycles. The third-order valence-electron chi connectivity index (χ3n) is 3.38. The number of anilines is 1. The molecule has 116 valence electrons. The molecule has 6 nitrogen and oxygen atoms in total. The number of piperidine rings is 1. The van der Waals surface area contributed by atoms with Crippen molar-refractivity contribution < 1.29 is 17.6 Å². The normalized spacial score (nSPS) is 17.7. The number of halogens is 1. The molecule has 0 bridgehead atoms. The molecule has 1 heterocycles. The molecule has 1 aromatic carbocycles. The second-order valence-electron chi connectivity index (χ2n) is 5.06. The molecule has 1 saturated heterocycles. The van der Waals surface area contributed by atoms with Crippen molar-refractivity contribution in [1.29, 1.82) is 0 Å². The third-order valence-corrected chi connectivity index (χ3v) is 5.28. The van der Waals surface area contributed by atoms with Crippen LogP contribution in [-0.2, 0) is 14.8 Å². The van der Waals surface area contributed by atoms with Gasteiger partial charge in [0.25, 0.3) is 0 Å². The van der Waals surface area contributed by atoms with Crippen LogP contribution in [0.15, 0.2) is 23.1 Å². The Labute approximate surface area is 123 Å². The summed E-state index contributed by atoms with van der Waals surface area (Å²) in [5.41, 5.74) is 5.62. The van der Waals surface area contributed by atoms with Crippen molar-refractivity contribution >= 4 is 21.6 Å². The van der Waals surface area contributed by atoms with Gasteiger partial charge in [0.05, 0.1) is 10.6 Å². The van der Waals surface area contributed by atoms with Crippen LogP contribution in [0.2, 0.25) is 0 Å². The predicted octanol–water partition coefficient (Wildman–Crippen LogP) is 0.896. The highest BCUT2D eigenvalue weighted by Crippen LogP contribution is 2.24. The lowest BCUT2D eigenvalue weighted by Gasteiger charge is -2.29. The molecule has 2 rings (SSSR count). The van der Waals surface area contributed by atoms with Crippen LogP contribution in [0.4, 0.5) is 10.1 Å². The molecule has 3 N–H and O–H groups in total. The fourth-order valence-corrected chi connectivity index (χ4v) is 3.71. The zero-order valence-corrected chi connectivity index (χ0v) is 12.5. The molecule has 0 saturated carbocycles. The number of hydrogen-bond donors (Lipinski definition) is 2. The summed E-state index contributed by atoms with van der Waals surface area (Å²) in [6.07, 6.45) is 1.19. The number of nitrogens with one attached hydrogen (secondary N) is 1. The van der Waals surface area contributed by atoms with Crippen molar-refractivity contribution in [2.75, 3.05) is 18.4 Å². The van der Waals surface area contributed by atoms with E-state index in [0.29, 0.717) is 25.9 Å². The Morgan fingerprint density at radius 3 is 2.57 bits per heavy atom. The van der Waals surface area contributed by atoms with Crippen molar-refractivity contribution in [2.45, 2.75) is 30.7 Å². The number of nitrogens with zero attached hydrogens (tertiary/aromatic N) is 1. The van der Waals surface area contributed by atoms with Crippen LogP contribution in [0.3, 0.4) is 0 Å². The number of benzene rings is 1. The van der Waals surface area contributed by atoms with E-state index in [-0.39, 0.29) is 16.6 Å². The number of nitrogens with two attached hydrogens (primary N) is 1. The van der Waals surface area contributed by atoms with Gasteiger partial charge in [-0.1, -0.05) is 0 Å². The Morgan fingerprint density at radius 2 is 2.00 bits per heavy atom. The first-order chi connectivity index (χ1) is 9.80. The predicted molar refractivity (Wildman–Crippen MR) is 76.7 cm³/mol. The molecular weight excluding hydrogens is 297 g/mol. The van der Waals surface area contributed by atoms with Crippen LogP contribution in [0.1, 0.15) is 19.8 Å². The van der Waals surface area contributed by atoms with Crippen molar-refractivity contribution in [2.24, 2.45) is 5.73 Å². The molecule has 1 fully saturated rings. The zero-order valence-electron chi connectivity index (χ0n) is 11.7. The standard InChI is InChI=1S/C13H18FN3O3S/c1-9(18)16-13-8-11(2-3-12(13)14)21(19,20)17-6-4-10(15)5-7-17/h2-3,8,10H,4-7,15H2,1H3,(H,16,18). The maximum absolute atomic E-state index is 13.6. The van der Waals surface area contributed by atoms with E-state index < -0.39 is 21.7 Å². The van der Waals surface area contributed by atoms with Crippen molar-refractivity contribution in [3.63, 3.8) is 0 Å². The Morgan fingerprint density at radius 1 is 1.38 bits per heavy atom. The second kappa shape index (κ2) is 6.08. The third kappa shape index (κ3) is 3.58. The van der Waals surface area contributed by atoms with Crippen LogP contribution in [0, 0.1) is 5.82 Å². The molecular formula is C13H18FN3O3S. The van der Waals surface area contributed by atoms with Gasteiger partial charge in [0.1, 0.15) is 5.82 Å². The molecule has 1 amide bonds. The minimum atomic E-state index is -3.70. The van der Waals surface area contributed by atoms with E-state index in [1.165, 1.54) is 17.3 Å². The number of amides is 1. The minimum Gasteiger partial charge on any atom is -0.328 e. The van der Waals surface area contributed by atoms with Gasteiger partial charge in [-0.2, -0.15) is 4.31 Å². The number of rotatable bonds is 3. The maximum atomic E-state index is 13.6. The van der Waals surface area contributed by atoms with Crippen LogP contribution in [-0.4, -0.2) is 37.8 Å². The molecule has 0 aromatic heterocycles. The number of hydrogen-bond acceptors (Lipinski definition) is 4. The van der Waals surface area contributed by atoms with Crippen LogP contribution < -0.4 is 11.1 Å². The van der Waals surface area contributed by atoms with Gasteiger partial charge in [-0.25, -0.2) is 12.8 Å². The van der Waals surface area contributed by atoms with Gasteiger partial charge in [-0.3, -0.25) is 4.79 Å². The van der Waals surface area contributed by atoms with Gasteiger partial charge in [0, 0.05) is 26.1 Å². The SMILES string of the molecule is CC(=O)Nc1cc(S(=O)(=O)N2CCC(N)CC2)ccc1F. The summed E-state index contributed by atoms with van der Waals surface area (Å²) in [5, 5.41) is 2.28. The van der Waals surface area contributed by atoms with E-state index in [9.17, 15) is 17.6 Å². The van der Waals surface area contributed by atoms with Crippen LogP contribution >= 0.6 is 0 Å². The average molecular weight is 315 g/mol. The topological polar surface area (TPSA) is 92.5 Å². The van der Waals surface area contributed by atoms with Gasteiger partial charge in [0.15, 0.2) is 0 Å². The molecule has 21 heavy (non-hydrogen) atoms. The fraction of sp³-hybridized carbons (Fsp3) is 0.462. The summed E-state index contributed by atoms with van der Waals surface area (Å²) in [5.74, 6) is -1.14. The molecule has 8 heteroatoms. The van der Waals surface area contributed by atoms with Crippen LogP contribution in [0.5, 0.6) is 0 Å². The van der Waals surface area contributed by atoms with Gasteiger partial charge < -0.3 is 11.1 Å². The van der Waals surface area contributed by atoms with Crippen molar-refractivity contribution in [3.05, 3.63) is 24.0 Å². The Balaban J connectivity index is 2.30. The minimum absolute atomic E-state index is 0.0135. The van der Waals surface area contributed by atoms with Gasteiger partial charge in [-0.15, -0.1) is 0 Å². The number of carbonyl (C=O) groups is 1. The largest absolute Gasteiger partial charge is 0.328 e. The maximum Gasteiger partial charge on any atom is 0.243 e. The first-order valence-electron chi connectivity index (χ1n) is 6.63. The highest BCUT2D eigenvalue weighted by Gasteiger charge is 2.28. The summed E-state index contributed by atoms with van der Waals surface area (Å²) >= 11 is 0. The lowest BCUT2D eigenvalue weighted by molar-refractivity contribution is -0.114. The fourth-order valence-electron chi connectivity index (χ4n) is 2.22. The Hall–Kier alpha value is -1.51. The van der Waals surface area contributed by atoms with E-state index in [1.54, 1.807) is 0 Å². The highest BCUT2D eigenvalue weighted by atomic mass is 32.2. The van der Waals surface area contributed by atoms with Gasteiger partial charge in [0.2, 0.25) is 15.9 Å². The first kappa shape index (κ1) is 15.9. The van der Waals surface area contributed by atoms with E-state index in [1.807, 2.05) is 0 Å². The summed E-state index contributed by atoms with van der Waals surface area (Å²) < 4.78 is 39.9. The van der Waals surface area contributed by atoms with Crippen molar-refractivity contribution in [1.82, 2.24) is 4.31 Å². The molecule has 0 radical (unpaired) electrons. The number of sulfonamides is 1. The summed E-state index contributed by atoms with van der Waals surface area (Å²) in [4.78, 5) is 11.0. The van der Waals surface area contributed by atoms with Crippen molar-refractivity contribution in [3.8, 4) is 0 Å². The molecule has 1 aromatic rings. The van der Waals surface area contributed by atoms with Crippen LogP contribution in [0.25, 0.3) is 0 Å². The lowest BCUT2D eigenvalue weighted by Crippen LogP contribution is -2.42. The zero-order chi connectivity index (χ0) is 15.6. The molecule has 1 aliphatic rings. The van der Waals surface area contributed by atoms with Gasteiger partial charge >= 0.3 is 0 Å².